The molecule has 0 spiro atoms. The summed E-state index contributed by atoms with van der Waals surface area (Å²) in [7, 11) is 1.59. The van der Waals surface area contributed by atoms with Gasteiger partial charge in [0.25, 0.3) is 5.91 Å². The van der Waals surface area contributed by atoms with Crippen molar-refractivity contribution in [3.63, 3.8) is 0 Å². The molecule has 7 nitrogen and oxygen atoms in total. The van der Waals surface area contributed by atoms with Crippen LogP contribution in [0, 0.1) is 0 Å². The summed E-state index contributed by atoms with van der Waals surface area (Å²) >= 11 is 0. The summed E-state index contributed by atoms with van der Waals surface area (Å²) in [4.78, 5) is 14.2. The monoisotopic (exact) mass is 343 g/mol. The molecule has 1 aliphatic heterocycles. The number of aromatic nitrogens is 2. The van der Waals surface area contributed by atoms with E-state index in [1.807, 2.05) is 12.1 Å². The SMILES string of the molecule is COc1cccc(OCC(=O)N2CCCC(Oc3cccnn3)C2)c1. The third-order valence-electron chi connectivity index (χ3n) is 3.97. The van der Waals surface area contributed by atoms with Crippen molar-refractivity contribution in [2.75, 3.05) is 26.8 Å². The fourth-order valence-electron chi connectivity index (χ4n) is 2.71. The second kappa shape index (κ2) is 8.32. The molecule has 1 aliphatic rings. The summed E-state index contributed by atoms with van der Waals surface area (Å²) < 4.78 is 16.5. The van der Waals surface area contributed by atoms with Crippen LogP contribution in [-0.4, -0.2) is 53.9 Å². The maximum Gasteiger partial charge on any atom is 0.260 e. The van der Waals surface area contributed by atoms with Crippen LogP contribution in [0.4, 0.5) is 0 Å². The van der Waals surface area contributed by atoms with E-state index >= 15 is 0 Å². The zero-order valence-corrected chi connectivity index (χ0v) is 14.1. The lowest BCUT2D eigenvalue weighted by molar-refractivity contribution is -0.136. The predicted molar refractivity (Wildman–Crippen MR) is 90.8 cm³/mol. The molecule has 2 heterocycles. The minimum absolute atomic E-state index is 0.00890. The Balaban J connectivity index is 1.51. The molecule has 1 unspecified atom stereocenters. The first-order chi connectivity index (χ1) is 12.2. The molecule has 0 saturated carbocycles. The Labute approximate surface area is 146 Å². The number of rotatable bonds is 6. The van der Waals surface area contributed by atoms with Gasteiger partial charge in [0.15, 0.2) is 6.61 Å². The Morgan fingerprint density at radius 1 is 1.28 bits per heavy atom. The van der Waals surface area contributed by atoms with Crippen molar-refractivity contribution in [2.45, 2.75) is 18.9 Å². The number of nitrogens with zero attached hydrogens (tertiary/aromatic N) is 3. The molecular weight excluding hydrogens is 322 g/mol. The number of carbonyl (C=O) groups excluding carboxylic acids is 1. The quantitative estimate of drug-likeness (QED) is 0.798. The van der Waals surface area contributed by atoms with Crippen molar-refractivity contribution < 1.29 is 19.0 Å². The molecule has 0 N–H and O–H groups in total. The first-order valence-corrected chi connectivity index (χ1v) is 8.23. The Morgan fingerprint density at radius 3 is 2.96 bits per heavy atom. The van der Waals surface area contributed by atoms with Crippen molar-refractivity contribution in [1.82, 2.24) is 15.1 Å². The van der Waals surface area contributed by atoms with Crippen LogP contribution >= 0.6 is 0 Å². The van der Waals surface area contributed by atoms with Crippen molar-refractivity contribution in [3.05, 3.63) is 42.6 Å². The number of hydrogen-bond acceptors (Lipinski definition) is 6. The Kier molecular flexibility index (Phi) is 5.66. The zero-order valence-electron chi connectivity index (χ0n) is 14.1. The van der Waals surface area contributed by atoms with Crippen LogP contribution in [0.2, 0.25) is 0 Å². The van der Waals surface area contributed by atoms with E-state index in [2.05, 4.69) is 10.2 Å². The third kappa shape index (κ3) is 4.82. The summed E-state index contributed by atoms with van der Waals surface area (Å²) in [6.07, 6.45) is 3.29. The van der Waals surface area contributed by atoms with Gasteiger partial charge in [0.05, 0.1) is 13.7 Å². The van der Waals surface area contributed by atoms with Gasteiger partial charge in [-0.3, -0.25) is 4.79 Å². The Morgan fingerprint density at radius 2 is 2.16 bits per heavy atom. The average molecular weight is 343 g/mol. The van der Waals surface area contributed by atoms with Crippen LogP contribution in [0.15, 0.2) is 42.6 Å². The highest BCUT2D eigenvalue weighted by atomic mass is 16.5. The number of carbonyl (C=O) groups is 1. The first-order valence-electron chi connectivity index (χ1n) is 8.23. The van der Waals surface area contributed by atoms with Crippen LogP contribution in [0.5, 0.6) is 17.4 Å². The zero-order chi connectivity index (χ0) is 17.5. The molecule has 2 aromatic rings. The largest absolute Gasteiger partial charge is 0.497 e. The van der Waals surface area contributed by atoms with E-state index in [1.165, 1.54) is 0 Å². The van der Waals surface area contributed by atoms with Crippen molar-refractivity contribution in [3.8, 4) is 17.4 Å². The van der Waals surface area contributed by atoms with Gasteiger partial charge in [0.2, 0.25) is 5.88 Å². The molecule has 3 rings (SSSR count). The van der Waals surface area contributed by atoms with E-state index < -0.39 is 0 Å². The van der Waals surface area contributed by atoms with E-state index in [4.69, 9.17) is 14.2 Å². The van der Waals surface area contributed by atoms with Crippen molar-refractivity contribution in [1.29, 1.82) is 0 Å². The maximum atomic E-state index is 12.4. The summed E-state index contributed by atoms with van der Waals surface area (Å²) in [5.41, 5.74) is 0. The summed E-state index contributed by atoms with van der Waals surface area (Å²) in [6, 6.07) is 10.7. The minimum Gasteiger partial charge on any atom is -0.497 e. The second-order valence-corrected chi connectivity index (χ2v) is 5.75. The molecule has 132 valence electrons. The van der Waals surface area contributed by atoms with E-state index in [-0.39, 0.29) is 18.6 Å². The Bertz CT molecular complexity index is 696. The van der Waals surface area contributed by atoms with Gasteiger partial charge in [-0.25, -0.2) is 0 Å². The summed E-state index contributed by atoms with van der Waals surface area (Å²) in [5.74, 6) is 1.72. The Hall–Kier alpha value is -2.83. The fourth-order valence-corrected chi connectivity index (χ4v) is 2.71. The van der Waals surface area contributed by atoms with Crippen LogP contribution in [0.1, 0.15) is 12.8 Å². The van der Waals surface area contributed by atoms with Crippen LogP contribution in [0.25, 0.3) is 0 Å². The molecule has 7 heteroatoms. The van der Waals surface area contributed by atoms with Gasteiger partial charge in [0, 0.05) is 24.9 Å². The topological polar surface area (TPSA) is 73.8 Å². The van der Waals surface area contributed by atoms with Crippen molar-refractivity contribution >= 4 is 5.91 Å². The lowest BCUT2D eigenvalue weighted by atomic mass is 10.1. The highest BCUT2D eigenvalue weighted by molar-refractivity contribution is 5.78. The lowest BCUT2D eigenvalue weighted by Crippen LogP contribution is -2.46. The van der Waals surface area contributed by atoms with Gasteiger partial charge in [0.1, 0.15) is 17.6 Å². The molecule has 1 amide bonds. The summed E-state index contributed by atoms with van der Waals surface area (Å²) in [5, 5.41) is 7.72. The van der Waals surface area contributed by atoms with Gasteiger partial charge in [-0.1, -0.05) is 6.07 Å². The van der Waals surface area contributed by atoms with Crippen LogP contribution in [-0.2, 0) is 4.79 Å². The van der Waals surface area contributed by atoms with Gasteiger partial charge >= 0.3 is 0 Å². The molecular formula is C18H21N3O4. The lowest BCUT2D eigenvalue weighted by Gasteiger charge is -2.32. The normalized spacial score (nSPS) is 17.0. The molecule has 1 atom stereocenters. The predicted octanol–water partition coefficient (Wildman–Crippen LogP) is 1.93. The number of amides is 1. The molecule has 1 aromatic heterocycles. The van der Waals surface area contributed by atoms with Gasteiger partial charge in [-0.15, -0.1) is 5.10 Å². The standard InChI is InChI=1S/C18H21N3O4/c1-23-14-5-2-6-15(11-14)24-13-18(22)21-10-4-7-16(12-21)25-17-8-3-9-19-20-17/h2-3,5-6,8-9,11,16H,4,7,10,12-13H2,1H3. The second-order valence-electron chi connectivity index (χ2n) is 5.75. The molecule has 25 heavy (non-hydrogen) atoms. The highest BCUT2D eigenvalue weighted by Crippen LogP contribution is 2.20. The number of benzene rings is 1. The molecule has 0 radical (unpaired) electrons. The van der Waals surface area contributed by atoms with Crippen molar-refractivity contribution in [2.24, 2.45) is 0 Å². The van der Waals surface area contributed by atoms with E-state index in [0.717, 1.165) is 12.8 Å². The van der Waals surface area contributed by atoms with E-state index in [0.29, 0.717) is 30.5 Å². The van der Waals surface area contributed by atoms with E-state index in [9.17, 15) is 4.79 Å². The molecule has 0 aliphatic carbocycles. The average Bonchev–Trinajstić information content (AvgIpc) is 2.67. The fraction of sp³-hybridized carbons (Fsp3) is 0.389. The number of piperidine rings is 1. The van der Waals surface area contributed by atoms with E-state index in [1.54, 1.807) is 42.5 Å². The van der Waals surface area contributed by atoms with Crippen LogP contribution in [0.3, 0.4) is 0 Å². The number of ether oxygens (including phenoxy) is 3. The molecule has 1 aromatic carbocycles. The van der Waals surface area contributed by atoms with Crippen LogP contribution < -0.4 is 14.2 Å². The third-order valence-corrected chi connectivity index (χ3v) is 3.97. The maximum absolute atomic E-state index is 12.4. The molecule has 1 saturated heterocycles. The molecule has 0 bridgehead atoms. The number of likely N-dealkylation sites (tertiary alicyclic amines) is 1. The minimum atomic E-state index is -0.0776. The molecule has 1 fully saturated rings. The van der Waals surface area contributed by atoms with Gasteiger partial charge in [-0.2, -0.15) is 5.10 Å². The summed E-state index contributed by atoms with van der Waals surface area (Å²) in [6.45, 7) is 1.22. The van der Waals surface area contributed by atoms with Gasteiger partial charge in [-0.05, 0) is 31.0 Å². The number of hydrogen-bond donors (Lipinski definition) is 0. The highest BCUT2D eigenvalue weighted by Gasteiger charge is 2.25. The smallest absolute Gasteiger partial charge is 0.260 e. The number of methoxy groups -OCH3 is 1. The first kappa shape index (κ1) is 17.0. The van der Waals surface area contributed by atoms with Gasteiger partial charge < -0.3 is 19.1 Å².